The molecule has 1 aliphatic heterocycles. The van der Waals surface area contributed by atoms with E-state index in [1.165, 1.54) is 0 Å². The summed E-state index contributed by atoms with van der Waals surface area (Å²) in [5.74, 6) is 0.462. The Bertz CT molecular complexity index is 1060. The lowest BCUT2D eigenvalue weighted by Gasteiger charge is -2.28. The zero-order valence-electron chi connectivity index (χ0n) is 18.1. The SMILES string of the molecule is Cc1ccccc1C(=O)Nc1ccc(S(=O)(=O)NC(C)C2CCNCC2)cc1C1CC1. The number of benzene rings is 2. The fourth-order valence-corrected chi connectivity index (χ4v) is 5.67. The first kappa shape index (κ1) is 22.0. The molecular weight excluding hydrogens is 410 g/mol. The van der Waals surface area contributed by atoms with Crippen LogP contribution in [0.1, 0.15) is 60.0 Å². The van der Waals surface area contributed by atoms with Gasteiger partial charge in [-0.2, -0.15) is 0 Å². The Morgan fingerprint density at radius 1 is 1.06 bits per heavy atom. The molecule has 3 N–H and O–H groups in total. The molecule has 1 unspecified atom stereocenters. The van der Waals surface area contributed by atoms with E-state index >= 15 is 0 Å². The van der Waals surface area contributed by atoms with Gasteiger partial charge in [-0.15, -0.1) is 0 Å². The molecule has 0 radical (unpaired) electrons. The van der Waals surface area contributed by atoms with Gasteiger partial charge in [0.2, 0.25) is 10.0 Å². The predicted molar refractivity (Wildman–Crippen MR) is 123 cm³/mol. The molecule has 166 valence electrons. The highest BCUT2D eigenvalue weighted by Gasteiger charge is 2.30. The van der Waals surface area contributed by atoms with Crippen LogP contribution >= 0.6 is 0 Å². The number of sulfonamides is 1. The number of anilines is 1. The summed E-state index contributed by atoms with van der Waals surface area (Å²) >= 11 is 0. The van der Waals surface area contributed by atoms with Crippen molar-refractivity contribution < 1.29 is 13.2 Å². The summed E-state index contributed by atoms with van der Waals surface area (Å²) in [5, 5.41) is 6.32. The van der Waals surface area contributed by atoms with Crippen molar-refractivity contribution in [3.63, 3.8) is 0 Å². The minimum Gasteiger partial charge on any atom is -0.322 e. The van der Waals surface area contributed by atoms with Crippen LogP contribution in [0.3, 0.4) is 0 Å². The van der Waals surface area contributed by atoms with E-state index in [9.17, 15) is 13.2 Å². The molecule has 1 amide bonds. The second-order valence-corrected chi connectivity index (χ2v) is 10.5. The number of piperidine rings is 1. The normalized spacial score (nSPS) is 18.5. The van der Waals surface area contributed by atoms with E-state index in [1.54, 1.807) is 24.3 Å². The van der Waals surface area contributed by atoms with E-state index < -0.39 is 10.0 Å². The Morgan fingerprint density at radius 2 is 1.77 bits per heavy atom. The molecule has 2 aromatic rings. The molecule has 0 aromatic heterocycles. The lowest BCUT2D eigenvalue weighted by atomic mass is 9.92. The van der Waals surface area contributed by atoms with Crippen LogP contribution in [0.2, 0.25) is 0 Å². The first-order valence-electron chi connectivity index (χ1n) is 11.1. The minimum atomic E-state index is -3.62. The molecule has 4 rings (SSSR count). The van der Waals surface area contributed by atoms with Gasteiger partial charge in [0, 0.05) is 17.3 Å². The summed E-state index contributed by atoms with van der Waals surface area (Å²) in [5.41, 5.74) is 3.13. The van der Waals surface area contributed by atoms with E-state index in [2.05, 4.69) is 15.4 Å². The van der Waals surface area contributed by atoms with Gasteiger partial charge in [-0.05, 0) is 99.8 Å². The minimum absolute atomic E-state index is 0.114. The van der Waals surface area contributed by atoms with Crippen LogP contribution in [-0.4, -0.2) is 33.5 Å². The molecule has 2 aliphatic rings. The standard InChI is InChI=1S/C24H31N3O3S/c1-16-5-3-4-6-21(16)24(28)26-23-10-9-20(15-22(23)19-7-8-19)31(29,30)27-17(2)18-11-13-25-14-12-18/h3-6,9-10,15,17-19,25,27H,7-8,11-14H2,1-2H3,(H,26,28). The molecule has 1 saturated carbocycles. The van der Waals surface area contributed by atoms with Gasteiger partial charge in [0.25, 0.3) is 5.91 Å². The van der Waals surface area contributed by atoms with Gasteiger partial charge in [-0.1, -0.05) is 18.2 Å². The van der Waals surface area contributed by atoms with E-state index in [4.69, 9.17) is 0 Å². The largest absolute Gasteiger partial charge is 0.322 e. The number of nitrogens with one attached hydrogen (secondary N) is 3. The maximum absolute atomic E-state index is 13.1. The number of amides is 1. The fourth-order valence-electron chi connectivity index (χ4n) is 4.32. The van der Waals surface area contributed by atoms with Gasteiger partial charge in [0.1, 0.15) is 0 Å². The van der Waals surface area contributed by atoms with E-state index in [-0.39, 0.29) is 16.8 Å². The van der Waals surface area contributed by atoms with Crippen molar-refractivity contribution in [2.24, 2.45) is 5.92 Å². The summed E-state index contributed by atoms with van der Waals surface area (Å²) in [6.07, 6.45) is 3.97. The van der Waals surface area contributed by atoms with Crippen LogP contribution in [0, 0.1) is 12.8 Å². The first-order chi connectivity index (χ1) is 14.8. The molecule has 1 heterocycles. The molecule has 1 atom stereocenters. The number of hydrogen-bond acceptors (Lipinski definition) is 4. The zero-order valence-corrected chi connectivity index (χ0v) is 19.0. The monoisotopic (exact) mass is 441 g/mol. The molecule has 2 aromatic carbocycles. The third kappa shape index (κ3) is 5.17. The molecule has 0 bridgehead atoms. The van der Waals surface area contributed by atoms with Crippen LogP contribution < -0.4 is 15.4 Å². The van der Waals surface area contributed by atoms with Gasteiger partial charge < -0.3 is 10.6 Å². The zero-order chi connectivity index (χ0) is 22.0. The Balaban J connectivity index is 1.54. The molecule has 7 heteroatoms. The van der Waals surface area contributed by atoms with Gasteiger partial charge in [-0.25, -0.2) is 13.1 Å². The summed E-state index contributed by atoms with van der Waals surface area (Å²) in [4.78, 5) is 13.1. The van der Waals surface area contributed by atoms with Crippen molar-refractivity contribution in [2.75, 3.05) is 18.4 Å². The average molecular weight is 442 g/mol. The van der Waals surface area contributed by atoms with Crippen LogP contribution in [0.15, 0.2) is 47.4 Å². The molecule has 6 nitrogen and oxygen atoms in total. The third-order valence-electron chi connectivity index (χ3n) is 6.42. The molecule has 2 fully saturated rings. The molecule has 0 spiro atoms. The van der Waals surface area contributed by atoms with Gasteiger partial charge in [0.05, 0.1) is 4.90 Å². The Labute approximate surface area is 184 Å². The van der Waals surface area contributed by atoms with Crippen molar-refractivity contribution >= 4 is 21.6 Å². The first-order valence-corrected chi connectivity index (χ1v) is 12.6. The van der Waals surface area contributed by atoms with Crippen molar-refractivity contribution in [1.29, 1.82) is 0 Å². The lowest BCUT2D eigenvalue weighted by molar-refractivity contribution is 0.102. The van der Waals surface area contributed by atoms with E-state index in [1.807, 2.05) is 32.0 Å². The Morgan fingerprint density at radius 3 is 2.45 bits per heavy atom. The Hall–Kier alpha value is -2.22. The highest BCUT2D eigenvalue weighted by Crippen LogP contribution is 2.44. The highest BCUT2D eigenvalue weighted by molar-refractivity contribution is 7.89. The topological polar surface area (TPSA) is 87.3 Å². The quantitative estimate of drug-likeness (QED) is 0.610. The van der Waals surface area contributed by atoms with Crippen LogP contribution in [0.25, 0.3) is 0 Å². The van der Waals surface area contributed by atoms with Crippen molar-refractivity contribution in [1.82, 2.24) is 10.0 Å². The Kier molecular flexibility index (Phi) is 6.46. The number of carbonyl (C=O) groups excluding carboxylic acids is 1. The molecular formula is C24H31N3O3S. The van der Waals surface area contributed by atoms with Crippen LogP contribution in [0.4, 0.5) is 5.69 Å². The van der Waals surface area contributed by atoms with Gasteiger partial charge in [-0.3, -0.25) is 4.79 Å². The number of hydrogen-bond donors (Lipinski definition) is 3. The molecule has 31 heavy (non-hydrogen) atoms. The molecule has 1 saturated heterocycles. The van der Waals surface area contributed by atoms with E-state index in [0.717, 1.165) is 49.9 Å². The second-order valence-electron chi connectivity index (χ2n) is 8.79. The van der Waals surface area contributed by atoms with Crippen LogP contribution in [-0.2, 0) is 10.0 Å². The second kappa shape index (κ2) is 9.10. The summed E-state index contributed by atoms with van der Waals surface area (Å²) in [7, 11) is -3.62. The number of aryl methyl sites for hydroxylation is 1. The summed E-state index contributed by atoms with van der Waals surface area (Å²) in [6.45, 7) is 5.71. The van der Waals surface area contributed by atoms with Crippen molar-refractivity contribution in [2.45, 2.75) is 56.4 Å². The summed E-state index contributed by atoms with van der Waals surface area (Å²) in [6, 6.07) is 12.4. The van der Waals surface area contributed by atoms with Crippen LogP contribution in [0.5, 0.6) is 0 Å². The maximum Gasteiger partial charge on any atom is 0.255 e. The number of rotatable bonds is 7. The van der Waals surface area contributed by atoms with E-state index in [0.29, 0.717) is 23.1 Å². The molecule has 1 aliphatic carbocycles. The fraction of sp³-hybridized carbons (Fsp3) is 0.458. The average Bonchev–Trinajstić information content (AvgIpc) is 3.60. The maximum atomic E-state index is 13.1. The summed E-state index contributed by atoms with van der Waals surface area (Å²) < 4.78 is 29.0. The number of carbonyl (C=O) groups is 1. The smallest absolute Gasteiger partial charge is 0.255 e. The van der Waals surface area contributed by atoms with Crippen molar-refractivity contribution in [3.8, 4) is 0 Å². The van der Waals surface area contributed by atoms with Gasteiger partial charge >= 0.3 is 0 Å². The lowest BCUT2D eigenvalue weighted by Crippen LogP contribution is -2.42. The van der Waals surface area contributed by atoms with Crippen molar-refractivity contribution in [3.05, 3.63) is 59.2 Å². The van der Waals surface area contributed by atoms with Gasteiger partial charge in [0.15, 0.2) is 0 Å². The third-order valence-corrected chi connectivity index (χ3v) is 7.98. The predicted octanol–water partition coefficient (Wildman–Crippen LogP) is 3.79. The highest BCUT2D eigenvalue weighted by atomic mass is 32.2.